The first kappa shape index (κ1) is 19.0. The second kappa shape index (κ2) is 7.93. The van der Waals surface area contributed by atoms with Crippen LogP contribution in [-0.2, 0) is 4.74 Å². The molecule has 0 aliphatic carbocycles. The van der Waals surface area contributed by atoms with E-state index >= 15 is 0 Å². The highest BCUT2D eigenvalue weighted by Crippen LogP contribution is 2.33. The molecule has 7 nitrogen and oxygen atoms in total. The zero-order chi connectivity index (χ0) is 19.6. The van der Waals surface area contributed by atoms with Crippen LogP contribution in [0, 0.1) is 6.92 Å². The van der Waals surface area contributed by atoms with Gasteiger partial charge in [0.25, 0.3) is 0 Å². The maximum atomic E-state index is 6.17. The predicted molar refractivity (Wildman–Crippen MR) is 107 cm³/mol. The van der Waals surface area contributed by atoms with Gasteiger partial charge in [0.15, 0.2) is 11.5 Å². The van der Waals surface area contributed by atoms with Gasteiger partial charge in [-0.15, -0.1) is 0 Å². The van der Waals surface area contributed by atoms with Crippen molar-refractivity contribution in [3.8, 4) is 17.4 Å². The molecule has 0 N–H and O–H groups in total. The molecule has 1 spiro atoms. The Bertz CT molecular complexity index is 821. The zero-order valence-corrected chi connectivity index (χ0v) is 16.9. The Kier molecular flexibility index (Phi) is 5.37. The summed E-state index contributed by atoms with van der Waals surface area (Å²) >= 11 is 0. The monoisotopic (exact) mass is 384 g/mol. The maximum absolute atomic E-state index is 6.17. The third-order valence-electron chi connectivity index (χ3n) is 5.50. The van der Waals surface area contributed by atoms with Crippen molar-refractivity contribution in [2.45, 2.75) is 25.4 Å². The smallest absolute Gasteiger partial charge is 0.228 e. The number of ether oxygens (including phenoxy) is 3. The number of piperidine rings is 1. The molecule has 0 unspecified atom stereocenters. The fraction of sp³-hybridized carbons (Fsp3) is 0.524. The first-order chi connectivity index (χ1) is 13.6. The normalized spacial score (nSPS) is 19.6. The van der Waals surface area contributed by atoms with Crippen molar-refractivity contribution >= 4 is 5.95 Å². The highest BCUT2D eigenvalue weighted by atomic mass is 16.5. The van der Waals surface area contributed by atoms with E-state index in [-0.39, 0.29) is 5.60 Å². The number of hydrogen-bond donors (Lipinski definition) is 0. The van der Waals surface area contributed by atoms with Gasteiger partial charge in [-0.1, -0.05) is 12.1 Å². The van der Waals surface area contributed by atoms with Gasteiger partial charge >= 0.3 is 0 Å². The Morgan fingerprint density at radius 2 is 1.82 bits per heavy atom. The van der Waals surface area contributed by atoms with E-state index < -0.39 is 0 Å². The quantitative estimate of drug-likeness (QED) is 0.803. The van der Waals surface area contributed by atoms with Crippen molar-refractivity contribution < 1.29 is 14.2 Å². The number of para-hydroxylation sites is 2. The molecule has 0 atom stereocenters. The van der Waals surface area contributed by atoms with Crippen LogP contribution in [0.1, 0.15) is 18.5 Å². The summed E-state index contributed by atoms with van der Waals surface area (Å²) in [6, 6.07) is 9.42. The molecule has 2 aliphatic heterocycles. The third kappa shape index (κ3) is 4.05. The van der Waals surface area contributed by atoms with Crippen molar-refractivity contribution in [3.63, 3.8) is 0 Å². The van der Waals surface area contributed by atoms with Crippen molar-refractivity contribution in [1.82, 2.24) is 14.9 Å². The molecule has 1 aromatic heterocycles. The van der Waals surface area contributed by atoms with Crippen LogP contribution in [0.15, 0.2) is 30.3 Å². The molecule has 2 fully saturated rings. The fourth-order valence-electron chi connectivity index (χ4n) is 3.99. The number of likely N-dealkylation sites (N-methyl/N-ethyl adjacent to an activating group) is 1. The zero-order valence-electron chi connectivity index (χ0n) is 16.9. The summed E-state index contributed by atoms with van der Waals surface area (Å²) in [5.74, 6) is 2.56. The molecule has 7 heteroatoms. The third-order valence-corrected chi connectivity index (χ3v) is 5.50. The summed E-state index contributed by atoms with van der Waals surface area (Å²) in [6.45, 7) is 6.55. The van der Waals surface area contributed by atoms with Gasteiger partial charge < -0.3 is 24.0 Å². The van der Waals surface area contributed by atoms with Gasteiger partial charge in [0.1, 0.15) is 0 Å². The molecule has 0 saturated carbocycles. The van der Waals surface area contributed by atoms with Gasteiger partial charge in [-0.3, -0.25) is 0 Å². The topological polar surface area (TPSA) is 60.0 Å². The van der Waals surface area contributed by atoms with Gasteiger partial charge in [-0.2, -0.15) is 4.98 Å². The Morgan fingerprint density at radius 3 is 2.54 bits per heavy atom. The van der Waals surface area contributed by atoms with Gasteiger partial charge in [0, 0.05) is 37.9 Å². The first-order valence-corrected chi connectivity index (χ1v) is 9.81. The van der Waals surface area contributed by atoms with E-state index in [1.165, 1.54) is 0 Å². The predicted octanol–water partition coefficient (Wildman–Crippen LogP) is 2.89. The lowest BCUT2D eigenvalue weighted by Crippen LogP contribution is -2.56. The molecule has 4 rings (SSSR count). The summed E-state index contributed by atoms with van der Waals surface area (Å²) in [5.41, 5.74) is 0.855. The lowest BCUT2D eigenvalue weighted by molar-refractivity contribution is -0.115. The number of methoxy groups -OCH3 is 1. The minimum absolute atomic E-state index is 0.0238. The van der Waals surface area contributed by atoms with E-state index in [0.717, 1.165) is 51.3 Å². The Hall–Kier alpha value is -2.38. The van der Waals surface area contributed by atoms with Crippen LogP contribution >= 0.6 is 0 Å². The standard InChI is InChI=1S/C21H28N4O3/c1-16-14-19(28-18-7-5-4-6-17(18)26-3)23-20(22-16)25-10-8-21(9-11-25)15-24(2)12-13-27-21/h4-7,14H,8-13,15H2,1-3H3. The highest BCUT2D eigenvalue weighted by Gasteiger charge is 2.39. The summed E-state index contributed by atoms with van der Waals surface area (Å²) in [6.07, 6.45) is 1.97. The lowest BCUT2D eigenvalue weighted by atomic mass is 9.89. The first-order valence-electron chi connectivity index (χ1n) is 9.81. The summed E-state index contributed by atoms with van der Waals surface area (Å²) in [7, 11) is 3.80. The van der Waals surface area contributed by atoms with Gasteiger partial charge in [0.05, 0.1) is 19.3 Å². The molecule has 28 heavy (non-hydrogen) atoms. The average Bonchev–Trinajstić information content (AvgIpc) is 2.68. The van der Waals surface area contributed by atoms with Gasteiger partial charge in [-0.25, -0.2) is 4.98 Å². The minimum Gasteiger partial charge on any atom is -0.493 e. The summed E-state index contributed by atoms with van der Waals surface area (Å²) in [5, 5.41) is 0. The molecule has 0 bridgehead atoms. The number of nitrogens with zero attached hydrogens (tertiary/aromatic N) is 4. The molecule has 2 aliphatic rings. The average molecular weight is 384 g/mol. The van der Waals surface area contributed by atoms with Crippen LogP contribution in [0.25, 0.3) is 0 Å². The number of hydrogen-bond acceptors (Lipinski definition) is 7. The van der Waals surface area contributed by atoms with E-state index in [0.29, 0.717) is 23.3 Å². The molecular weight excluding hydrogens is 356 g/mol. The van der Waals surface area contributed by atoms with Crippen molar-refractivity contribution in [3.05, 3.63) is 36.0 Å². The fourth-order valence-corrected chi connectivity index (χ4v) is 3.99. The van der Waals surface area contributed by atoms with E-state index in [1.54, 1.807) is 7.11 Å². The van der Waals surface area contributed by atoms with Crippen LogP contribution in [-0.4, -0.2) is 67.4 Å². The van der Waals surface area contributed by atoms with Crippen molar-refractivity contribution in [2.24, 2.45) is 0 Å². The Morgan fingerprint density at radius 1 is 1.07 bits per heavy atom. The van der Waals surface area contributed by atoms with Crippen LogP contribution in [0.5, 0.6) is 17.4 Å². The van der Waals surface area contributed by atoms with Crippen molar-refractivity contribution in [1.29, 1.82) is 0 Å². The van der Waals surface area contributed by atoms with Gasteiger partial charge in [0.2, 0.25) is 11.8 Å². The van der Waals surface area contributed by atoms with Crippen LogP contribution in [0.2, 0.25) is 0 Å². The number of aryl methyl sites for hydroxylation is 1. The number of morpholine rings is 1. The lowest BCUT2D eigenvalue weighted by Gasteiger charge is -2.46. The molecule has 2 aromatic rings. The molecule has 0 radical (unpaired) electrons. The number of benzene rings is 1. The molecule has 3 heterocycles. The molecular formula is C21H28N4O3. The van der Waals surface area contributed by atoms with E-state index in [4.69, 9.17) is 14.2 Å². The highest BCUT2D eigenvalue weighted by molar-refractivity contribution is 5.43. The molecule has 1 aromatic carbocycles. The SMILES string of the molecule is COc1ccccc1Oc1cc(C)nc(N2CCC3(CC2)CN(C)CCO3)n1. The van der Waals surface area contributed by atoms with E-state index in [1.807, 2.05) is 37.3 Å². The largest absolute Gasteiger partial charge is 0.493 e. The van der Waals surface area contributed by atoms with Crippen molar-refractivity contribution in [2.75, 3.05) is 51.8 Å². The second-order valence-corrected chi connectivity index (χ2v) is 7.66. The van der Waals surface area contributed by atoms with E-state index in [9.17, 15) is 0 Å². The maximum Gasteiger partial charge on any atom is 0.228 e. The minimum atomic E-state index is -0.0238. The summed E-state index contributed by atoms with van der Waals surface area (Å²) < 4.78 is 17.5. The van der Waals surface area contributed by atoms with E-state index in [2.05, 4.69) is 26.8 Å². The molecule has 150 valence electrons. The summed E-state index contributed by atoms with van der Waals surface area (Å²) in [4.78, 5) is 13.9. The Labute approximate surface area is 166 Å². The van der Waals surface area contributed by atoms with Gasteiger partial charge in [-0.05, 0) is 38.9 Å². The van der Waals surface area contributed by atoms with Crippen LogP contribution < -0.4 is 14.4 Å². The molecule has 2 saturated heterocycles. The second-order valence-electron chi connectivity index (χ2n) is 7.66. The number of rotatable bonds is 4. The molecule has 0 amide bonds. The number of anilines is 1. The number of aromatic nitrogens is 2. The van der Waals surface area contributed by atoms with Crippen LogP contribution in [0.4, 0.5) is 5.95 Å². The Balaban J connectivity index is 1.49. The van der Waals surface area contributed by atoms with Crippen LogP contribution in [0.3, 0.4) is 0 Å².